The fourth-order valence-electron chi connectivity index (χ4n) is 3.88. The third kappa shape index (κ3) is 5.28. The number of hydrogen-bond donors (Lipinski definition) is 1. The Bertz CT molecular complexity index is 970. The Labute approximate surface area is 180 Å². The first-order chi connectivity index (χ1) is 14.2. The van der Waals surface area contributed by atoms with Crippen LogP contribution < -0.4 is 15.2 Å². The fourth-order valence-corrected chi connectivity index (χ4v) is 4.35. The number of benzene rings is 2. The fraction of sp³-hybridized carbons (Fsp3) is 0.375. The van der Waals surface area contributed by atoms with Crippen molar-refractivity contribution >= 4 is 26.8 Å². The number of ether oxygens (including phenoxy) is 2. The molecule has 2 N–H and O–H groups in total. The largest absolute Gasteiger partial charge is 0.492 e. The van der Waals surface area contributed by atoms with Crippen molar-refractivity contribution in [2.24, 2.45) is 11.7 Å². The zero-order chi connectivity index (χ0) is 20.1. The molecular weight excluding hydrogens is 428 g/mol. The van der Waals surface area contributed by atoms with E-state index in [1.54, 1.807) is 0 Å². The molecule has 4 nitrogen and oxygen atoms in total. The lowest BCUT2D eigenvalue weighted by Gasteiger charge is -2.22. The summed E-state index contributed by atoms with van der Waals surface area (Å²) in [6.45, 7) is 1.44. The number of nitrogens with two attached hydrogens (primary N) is 1. The normalized spacial score (nSPS) is 14.8. The molecule has 0 aliphatic heterocycles. The van der Waals surface area contributed by atoms with E-state index in [9.17, 15) is 0 Å². The molecule has 3 aromatic rings. The summed E-state index contributed by atoms with van der Waals surface area (Å²) in [5.41, 5.74) is 7.78. The highest BCUT2D eigenvalue weighted by atomic mass is 79.9. The molecule has 1 heterocycles. The van der Waals surface area contributed by atoms with Crippen LogP contribution in [0.3, 0.4) is 0 Å². The van der Waals surface area contributed by atoms with Gasteiger partial charge in [0.15, 0.2) is 0 Å². The third-order valence-electron chi connectivity index (χ3n) is 5.49. The minimum absolute atomic E-state index is 0.576. The van der Waals surface area contributed by atoms with Gasteiger partial charge in [0.2, 0.25) is 5.88 Å². The molecule has 5 heteroatoms. The van der Waals surface area contributed by atoms with Crippen molar-refractivity contribution in [3.8, 4) is 17.4 Å². The number of nitrogens with zero attached hydrogens (tertiary/aromatic N) is 1. The molecule has 2 aromatic carbocycles. The highest BCUT2D eigenvalue weighted by molar-refractivity contribution is 9.10. The first-order valence-corrected chi connectivity index (χ1v) is 11.2. The quantitative estimate of drug-likeness (QED) is 0.458. The van der Waals surface area contributed by atoms with E-state index in [-0.39, 0.29) is 0 Å². The van der Waals surface area contributed by atoms with Crippen molar-refractivity contribution in [1.29, 1.82) is 0 Å². The van der Waals surface area contributed by atoms with Gasteiger partial charge >= 0.3 is 0 Å². The van der Waals surface area contributed by atoms with Gasteiger partial charge in [-0.3, -0.25) is 0 Å². The third-order valence-corrected chi connectivity index (χ3v) is 6.11. The summed E-state index contributed by atoms with van der Waals surface area (Å²) in [5, 5.41) is 1.09. The summed E-state index contributed by atoms with van der Waals surface area (Å²) in [4.78, 5) is 4.62. The van der Waals surface area contributed by atoms with Gasteiger partial charge in [-0.2, -0.15) is 0 Å². The summed E-state index contributed by atoms with van der Waals surface area (Å²) in [5.74, 6) is 2.85. The Morgan fingerprint density at radius 1 is 1.00 bits per heavy atom. The van der Waals surface area contributed by atoms with E-state index < -0.39 is 0 Å². The maximum absolute atomic E-state index is 6.04. The van der Waals surface area contributed by atoms with Crippen molar-refractivity contribution in [3.63, 3.8) is 0 Å². The molecule has 0 bridgehead atoms. The molecule has 29 heavy (non-hydrogen) atoms. The lowest BCUT2D eigenvalue weighted by molar-refractivity contribution is 0.208. The molecule has 0 unspecified atom stereocenters. The molecule has 152 valence electrons. The minimum atomic E-state index is 0.576. The van der Waals surface area contributed by atoms with E-state index in [1.165, 1.54) is 37.7 Å². The van der Waals surface area contributed by atoms with E-state index in [0.29, 0.717) is 18.3 Å². The molecule has 1 aliphatic carbocycles. The van der Waals surface area contributed by atoms with E-state index >= 15 is 0 Å². The Hall–Kier alpha value is -2.11. The number of pyridine rings is 1. The molecule has 1 saturated carbocycles. The molecule has 0 radical (unpaired) electrons. The van der Waals surface area contributed by atoms with Gasteiger partial charge in [0.05, 0.1) is 16.6 Å². The van der Waals surface area contributed by atoms with Crippen LogP contribution in [0, 0.1) is 5.92 Å². The summed E-state index contributed by atoms with van der Waals surface area (Å²) in [6.07, 6.45) is 7.45. The van der Waals surface area contributed by atoms with Crippen LogP contribution in [-0.2, 0) is 6.42 Å². The van der Waals surface area contributed by atoms with Crippen molar-refractivity contribution in [1.82, 2.24) is 4.98 Å². The van der Waals surface area contributed by atoms with Crippen molar-refractivity contribution in [2.75, 3.05) is 13.2 Å². The summed E-state index contributed by atoms with van der Waals surface area (Å²) in [6, 6.07) is 16.0. The molecule has 0 saturated heterocycles. The van der Waals surface area contributed by atoms with Crippen LogP contribution in [0.15, 0.2) is 53.0 Å². The molecule has 1 aliphatic rings. The number of halogens is 1. The first-order valence-electron chi connectivity index (χ1n) is 10.4. The van der Waals surface area contributed by atoms with Gasteiger partial charge in [0.1, 0.15) is 11.5 Å². The van der Waals surface area contributed by atoms with E-state index in [2.05, 4.69) is 33.0 Å². The molecule has 4 rings (SSSR count). The average molecular weight is 455 g/mol. The second kappa shape index (κ2) is 9.59. The van der Waals surface area contributed by atoms with Crippen molar-refractivity contribution in [3.05, 3.63) is 58.6 Å². The average Bonchev–Trinajstić information content (AvgIpc) is 2.74. The standard InChI is InChI=1S/C24H27BrN2O2/c25-21-15-20(8-10-23(21)28-16-18-4-2-1-3-5-18)29-24-11-7-19-14-17(12-13-26)6-9-22(19)27-24/h6-11,14-15,18H,1-5,12-13,16,26H2. The van der Waals surface area contributed by atoms with Gasteiger partial charge in [-0.15, -0.1) is 0 Å². The van der Waals surface area contributed by atoms with Crippen LogP contribution in [0.5, 0.6) is 17.4 Å². The Morgan fingerprint density at radius 3 is 2.66 bits per heavy atom. The monoisotopic (exact) mass is 454 g/mol. The lowest BCUT2D eigenvalue weighted by atomic mass is 9.90. The molecule has 0 amide bonds. The van der Waals surface area contributed by atoms with Crippen LogP contribution in [0.25, 0.3) is 10.9 Å². The van der Waals surface area contributed by atoms with Crippen LogP contribution in [0.4, 0.5) is 0 Å². The Morgan fingerprint density at radius 2 is 1.86 bits per heavy atom. The zero-order valence-electron chi connectivity index (χ0n) is 16.6. The maximum atomic E-state index is 6.04. The second-order valence-corrected chi connectivity index (χ2v) is 8.58. The van der Waals surface area contributed by atoms with Crippen LogP contribution in [0.1, 0.15) is 37.7 Å². The smallest absolute Gasteiger partial charge is 0.219 e. The van der Waals surface area contributed by atoms with Gasteiger partial charge in [0.25, 0.3) is 0 Å². The number of aromatic nitrogens is 1. The van der Waals surface area contributed by atoms with E-state index in [0.717, 1.165) is 39.9 Å². The second-order valence-electron chi connectivity index (χ2n) is 7.72. The summed E-state index contributed by atoms with van der Waals surface area (Å²) < 4.78 is 12.9. The van der Waals surface area contributed by atoms with Crippen LogP contribution in [-0.4, -0.2) is 18.1 Å². The van der Waals surface area contributed by atoms with Gasteiger partial charge in [-0.25, -0.2) is 4.98 Å². The molecule has 0 atom stereocenters. The maximum Gasteiger partial charge on any atom is 0.219 e. The molecule has 1 fully saturated rings. The van der Waals surface area contributed by atoms with E-state index in [1.807, 2.05) is 36.4 Å². The summed E-state index contributed by atoms with van der Waals surface area (Å²) >= 11 is 3.61. The predicted octanol–water partition coefficient (Wildman–Crippen LogP) is 6.25. The Balaban J connectivity index is 1.42. The van der Waals surface area contributed by atoms with Crippen LogP contribution >= 0.6 is 15.9 Å². The highest BCUT2D eigenvalue weighted by Crippen LogP contribution is 2.33. The van der Waals surface area contributed by atoms with Gasteiger partial charge in [-0.05, 0) is 89.6 Å². The lowest BCUT2D eigenvalue weighted by Crippen LogP contribution is -2.15. The van der Waals surface area contributed by atoms with Gasteiger partial charge < -0.3 is 15.2 Å². The van der Waals surface area contributed by atoms with E-state index in [4.69, 9.17) is 15.2 Å². The highest BCUT2D eigenvalue weighted by Gasteiger charge is 2.15. The SMILES string of the molecule is NCCc1ccc2nc(Oc3ccc(OCC4CCCCC4)c(Br)c3)ccc2c1. The van der Waals surface area contributed by atoms with Crippen molar-refractivity contribution in [2.45, 2.75) is 38.5 Å². The minimum Gasteiger partial charge on any atom is -0.492 e. The zero-order valence-corrected chi connectivity index (χ0v) is 18.2. The van der Waals surface area contributed by atoms with Gasteiger partial charge in [-0.1, -0.05) is 25.3 Å². The number of fused-ring (bicyclic) bond motifs is 1. The topological polar surface area (TPSA) is 57.4 Å². The van der Waals surface area contributed by atoms with Gasteiger partial charge in [0, 0.05) is 11.5 Å². The number of rotatable bonds is 7. The Kier molecular flexibility index (Phi) is 6.67. The predicted molar refractivity (Wildman–Crippen MR) is 121 cm³/mol. The molecule has 0 spiro atoms. The van der Waals surface area contributed by atoms with Crippen LogP contribution in [0.2, 0.25) is 0 Å². The molecular formula is C24H27BrN2O2. The first kappa shape index (κ1) is 20.2. The number of hydrogen-bond acceptors (Lipinski definition) is 4. The molecule has 1 aromatic heterocycles. The summed E-state index contributed by atoms with van der Waals surface area (Å²) in [7, 11) is 0. The van der Waals surface area contributed by atoms with Crippen molar-refractivity contribution < 1.29 is 9.47 Å².